The predicted molar refractivity (Wildman–Crippen MR) is 101 cm³/mol. The Balaban J connectivity index is 1.80. The Labute approximate surface area is 153 Å². The van der Waals surface area contributed by atoms with Gasteiger partial charge in [-0.15, -0.1) is 5.10 Å². The van der Waals surface area contributed by atoms with Crippen molar-refractivity contribution in [3.63, 3.8) is 0 Å². The molecule has 1 saturated heterocycles. The summed E-state index contributed by atoms with van der Waals surface area (Å²) in [7, 11) is 2.17. The number of pyridine rings is 1. The van der Waals surface area contributed by atoms with Crippen LogP contribution in [0.4, 0.5) is 0 Å². The fourth-order valence-corrected chi connectivity index (χ4v) is 3.58. The minimum absolute atomic E-state index is 0.340. The van der Waals surface area contributed by atoms with Gasteiger partial charge in [0.2, 0.25) is 0 Å². The second kappa shape index (κ2) is 6.99. The number of nitrogens with one attached hydrogen (secondary N) is 1. The summed E-state index contributed by atoms with van der Waals surface area (Å²) in [6.07, 6.45) is 4.84. The molecular weight excluding hydrogens is 326 g/mol. The maximum atomic E-state index is 4.85. The third-order valence-corrected chi connectivity index (χ3v) is 5.24. The average molecular weight is 351 g/mol. The number of hydrogen-bond donors (Lipinski definition) is 1. The fraction of sp³-hybridized carbons (Fsp3) is 0.474. The molecule has 0 bridgehead atoms. The Morgan fingerprint density at radius 1 is 1.23 bits per heavy atom. The van der Waals surface area contributed by atoms with Crippen LogP contribution in [0.5, 0.6) is 0 Å². The largest absolute Gasteiger partial charge is 0.306 e. The smallest absolute Gasteiger partial charge is 0.200 e. The molecule has 3 aromatic heterocycles. The van der Waals surface area contributed by atoms with Crippen molar-refractivity contribution >= 4 is 0 Å². The molecule has 7 nitrogen and oxygen atoms in total. The quantitative estimate of drug-likeness (QED) is 0.782. The van der Waals surface area contributed by atoms with E-state index in [-0.39, 0.29) is 0 Å². The topological polar surface area (TPSA) is 75.5 Å². The van der Waals surface area contributed by atoms with E-state index in [1.54, 1.807) is 6.20 Å². The summed E-state index contributed by atoms with van der Waals surface area (Å²) < 4.78 is 2.08. The van der Waals surface area contributed by atoms with Gasteiger partial charge in [-0.1, -0.05) is 13.0 Å². The first-order chi connectivity index (χ1) is 12.7. The van der Waals surface area contributed by atoms with Gasteiger partial charge in [-0.05, 0) is 58.5 Å². The van der Waals surface area contributed by atoms with Gasteiger partial charge in [0.1, 0.15) is 11.4 Å². The molecule has 1 aliphatic heterocycles. The van der Waals surface area contributed by atoms with E-state index >= 15 is 0 Å². The van der Waals surface area contributed by atoms with Gasteiger partial charge >= 0.3 is 0 Å². The zero-order valence-corrected chi connectivity index (χ0v) is 15.6. The molecule has 4 rings (SSSR count). The number of aromatic amines is 1. The van der Waals surface area contributed by atoms with Crippen LogP contribution < -0.4 is 0 Å². The van der Waals surface area contributed by atoms with Crippen molar-refractivity contribution in [1.82, 2.24) is 34.8 Å². The number of aromatic nitrogens is 6. The van der Waals surface area contributed by atoms with Crippen LogP contribution in [-0.2, 0) is 6.42 Å². The third-order valence-electron chi connectivity index (χ3n) is 5.24. The van der Waals surface area contributed by atoms with Crippen molar-refractivity contribution in [2.24, 2.45) is 0 Å². The van der Waals surface area contributed by atoms with Crippen LogP contribution in [-0.4, -0.2) is 55.0 Å². The highest BCUT2D eigenvalue weighted by Gasteiger charge is 2.26. The number of likely N-dealkylation sites (tertiary alicyclic amines) is 1. The number of aryl methyl sites for hydroxylation is 1. The first-order valence-corrected chi connectivity index (χ1v) is 9.28. The van der Waals surface area contributed by atoms with Crippen molar-refractivity contribution in [1.29, 1.82) is 0 Å². The molecule has 0 spiro atoms. The van der Waals surface area contributed by atoms with Crippen LogP contribution in [0.2, 0.25) is 0 Å². The Morgan fingerprint density at radius 3 is 2.69 bits per heavy atom. The van der Waals surface area contributed by atoms with Crippen LogP contribution in [0.25, 0.3) is 23.0 Å². The van der Waals surface area contributed by atoms with Crippen LogP contribution >= 0.6 is 0 Å². The first kappa shape index (κ1) is 16.9. The van der Waals surface area contributed by atoms with E-state index in [2.05, 4.69) is 45.7 Å². The normalized spacial score (nSPS) is 16.3. The minimum atomic E-state index is 0.340. The molecule has 136 valence electrons. The molecule has 0 aliphatic carbocycles. The number of piperidine rings is 1. The Kier molecular flexibility index (Phi) is 4.55. The molecule has 1 N–H and O–H groups in total. The summed E-state index contributed by atoms with van der Waals surface area (Å²) in [5.41, 5.74) is 4.00. The molecule has 0 atom stereocenters. The lowest BCUT2D eigenvalue weighted by atomic mass is 10.1. The van der Waals surface area contributed by atoms with Gasteiger partial charge in [-0.2, -0.15) is 5.10 Å². The van der Waals surface area contributed by atoms with E-state index in [1.165, 1.54) is 0 Å². The Morgan fingerprint density at radius 2 is 2.04 bits per heavy atom. The van der Waals surface area contributed by atoms with Gasteiger partial charge in [0, 0.05) is 17.5 Å². The van der Waals surface area contributed by atoms with E-state index in [1.807, 2.05) is 18.2 Å². The highest BCUT2D eigenvalue weighted by Crippen LogP contribution is 2.30. The lowest BCUT2D eigenvalue weighted by Crippen LogP contribution is -2.32. The summed E-state index contributed by atoms with van der Waals surface area (Å²) in [4.78, 5) is 11.6. The zero-order valence-electron chi connectivity index (χ0n) is 15.6. The molecule has 7 heteroatoms. The van der Waals surface area contributed by atoms with E-state index in [4.69, 9.17) is 10.1 Å². The van der Waals surface area contributed by atoms with E-state index in [0.717, 1.165) is 60.8 Å². The van der Waals surface area contributed by atoms with Crippen molar-refractivity contribution < 1.29 is 0 Å². The van der Waals surface area contributed by atoms with Crippen LogP contribution in [0.3, 0.4) is 0 Å². The standard InChI is InChI=1S/C19H25N7/c1-4-15-13(2)17(23-22-15)19-21-18(16-7-5-6-10-20-16)24-26(19)14-8-11-25(3)12-9-14/h5-7,10,14H,4,8-9,11-12H2,1-3H3,(H,22,23). The van der Waals surface area contributed by atoms with Crippen molar-refractivity contribution in [3.8, 4) is 23.0 Å². The van der Waals surface area contributed by atoms with Crippen LogP contribution in [0.1, 0.15) is 37.1 Å². The molecule has 0 radical (unpaired) electrons. The summed E-state index contributed by atoms with van der Waals surface area (Å²) in [5.74, 6) is 1.51. The molecule has 1 aliphatic rings. The van der Waals surface area contributed by atoms with Crippen molar-refractivity contribution in [3.05, 3.63) is 35.7 Å². The minimum Gasteiger partial charge on any atom is -0.306 e. The average Bonchev–Trinajstić information content (AvgIpc) is 3.26. The number of nitrogens with zero attached hydrogens (tertiary/aromatic N) is 6. The SMILES string of the molecule is CCc1[nH]nc(-c2nc(-c3ccccn3)nn2C2CCN(C)CC2)c1C. The van der Waals surface area contributed by atoms with Gasteiger partial charge in [0.25, 0.3) is 0 Å². The predicted octanol–water partition coefficient (Wildman–Crippen LogP) is 2.87. The summed E-state index contributed by atoms with van der Waals surface area (Å²) in [6, 6.07) is 6.16. The third kappa shape index (κ3) is 3.03. The number of hydrogen-bond acceptors (Lipinski definition) is 5. The number of rotatable bonds is 4. The summed E-state index contributed by atoms with van der Waals surface area (Å²) in [6.45, 7) is 6.38. The molecule has 0 saturated carbocycles. The Hall–Kier alpha value is -2.54. The number of H-pyrrole nitrogens is 1. The summed E-state index contributed by atoms with van der Waals surface area (Å²) >= 11 is 0. The van der Waals surface area contributed by atoms with Gasteiger partial charge < -0.3 is 4.90 Å². The zero-order chi connectivity index (χ0) is 18.1. The van der Waals surface area contributed by atoms with Crippen LogP contribution in [0.15, 0.2) is 24.4 Å². The van der Waals surface area contributed by atoms with Crippen molar-refractivity contribution in [2.75, 3.05) is 20.1 Å². The maximum absolute atomic E-state index is 4.85. The highest BCUT2D eigenvalue weighted by molar-refractivity contribution is 5.60. The lowest BCUT2D eigenvalue weighted by Gasteiger charge is -2.29. The van der Waals surface area contributed by atoms with Gasteiger partial charge in [-0.25, -0.2) is 9.67 Å². The Bertz CT molecular complexity index is 873. The molecule has 4 heterocycles. The van der Waals surface area contributed by atoms with Crippen LogP contribution in [0, 0.1) is 6.92 Å². The molecular formula is C19H25N7. The second-order valence-corrected chi connectivity index (χ2v) is 6.98. The van der Waals surface area contributed by atoms with Gasteiger partial charge in [-0.3, -0.25) is 10.1 Å². The lowest BCUT2D eigenvalue weighted by molar-refractivity contribution is 0.213. The molecule has 3 aromatic rings. The summed E-state index contributed by atoms with van der Waals surface area (Å²) in [5, 5.41) is 12.6. The maximum Gasteiger partial charge on any atom is 0.200 e. The van der Waals surface area contributed by atoms with E-state index in [9.17, 15) is 0 Å². The monoisotopic (exact) mass is 351 g/mol. The second-order valence-electron chi connectivity index (χ2n) is 6.98. The first-order valence-electron chi connectivity index (χ1n) is 9.28. The molecule has 26 heavy (non-hydrogen) atoms. The molecule has 1 fully saturated rings. The van der Waals surface area contributed by atoms with E-state index < -0.39 is 0 Å². The van der Waals surface area contributed by atoms with E-state index in [0.29, 0.717) is 11.9 Å². The fourth-order valence-electron chi connectivity index (χ4n) is 3.58. The molecule has 0 amide bonds. The van der Waals surface area contributed by atoms with Crippen molar-refractivity contribution in [2.45, 2.75) is 39.2 Å². The van der Waals surface area contributed by atoms with Gasteiger partial charge in [0.05, 0.1) is 6.04 Å². The van der Waals surface area contributed by atoms with Gasteiger partial charge in [0.15, 0.2) is 11.6 Å². The molecule has 0 aromatic carbocycles. The highest BCUT2D eigenvalue weighted by atomic mass is 15.4. The molecule has 0 unspecified atom stereocenters.